The van der Waals surface area contributed by atoms with Crippen LogP contribution in [0.1, 0.15) is 427 Å². The monoisotopic (exact) mass is 1530 g/mol. The summed E-state index contributed by atoms with van der Waals surface area (Å²) >= 11 is 0. The fraction of sp³-hybridized carbons (Fsp3) is 0.907. The minimum atomic E-state index is -4.97. The third kappa shape index (κ3) is 78.0. The lowest BCUT2D eigenvalue weighted by Gasteiger charge is -2.21. The number of hydrogen-bond acceptors (Lipinski definition) is 15. The van der Waals surface area contributed by atoms with Gasteiger partial charge in [-0.1, -0.05) is 375 Å². The Kier molecular flexibility index (Phi) is 73.8. The van der Waals surface area contributed by atoms with Gasteiger partial charge in [-0.2, -0.15) is 0 Å². The van der Waals surface area contributed by atoms with Gasteiger partial charge >= 0.3 is 39.5 Å². The minimum absolute atomic E-state index is 0.0842. The predicted octanol–water partition coefficient (Wildman–Crippen LogP) is 25.6. The van der Waals surface area contributed by atoms with Crippen LogP contribution in [0.5, 0.6) is 0 Å². The Morgan fingerprint density at radius 2 is 0.562 bits per heavy atom. The van der Waals surface area contributed by atoms with Crippen LogP contribution in [0.15, 0.2) is 24.3 Å². The van der Waals surface area contributed by atoms with E-state index >= 15 is 0 Å². The van der Waals surface area contributed by atoms with Gasteiger partial charge in [-0.25, -0.2) is 9.13 Å². The van der Waals surface area contributed by atoms with Crippen molar-refractivity contribution in [2.45, 2.75) is 446 Å². The molecule has 0 aliphatic rings. The first-order valence-corrected chi connectivity index (χ1v) is 46.7. The summed E-state index contributed by atoms with van der Waals surface area (Å²) < 4.78 is 68.8. The molecule has 3 unspecified atom stereocenters. The van der Waals surface area contributed by atoms with Gasteiger partial charge in [0.1, 0.15) is 19.3 Å². The van der Waals surface area contributed by atoms with E-state index in [-0.39, 0.29) is 25.7 Å². The smallest absolute Gasteiger partial charge is 0.462 e. The molecule has 0 aliphatic carbocycles. The van der Waals surface area contributed by atoms with Crippen molar-refractivity contribution in [3.8, 4) is 0 Å². The largest absolute Gasteiger partial charge is 0.472 e. The van der Waals surface area contributed by atoms with Crippen molar-refractivity contribution in [3.05, 3.63) is 24.3 Å². The molecule has 0 aromatic carbocycles. The van der Waals surface area contributed by atoms with Crippen LogP contribution in [-0.2, 0) is 65.4 Å². The van der Waals surface area contributed by atoms with E-state index in [9.17, 15) is 43.2 Å². The molecule has 3 N–H and O–H groups in total. The quantitative estimate of drug-likeness (QED) is 0.0169. The summed E-state index contributed by atoms with van der Waals surface area (Å²) in [5, 5.41) is 10.7. The number of aliphatic hydroxyl groups is 1. The van der Waals surface area contributed by atoms with Gasteiger partial charge in [0, 0.05) is 25.7 Å². The second-order valence-electron chi connectivity index (χ2n) is 31.4. The number of phosphoric ester groups is 2. The summed E-state index contributed by atoms with van der Waals surface area (Å²) in [6, 6.07) is 0. The molecule has 0 aromatic rings. The fourth-order valence-corrected chi connectivity index (χ4v) is 14.4. The van der Waals surface area contributed by atoms with Gasteiger partial charge in [-0.3, -0.25) is 37.3 Å². The van der Waals surface area contributed by atoms with Crippen molar-refractivity contribution in [1.82, 2.24) is 0 Å². The number of phosphoric acid groups is 2. The molecule has 0 rings (SSSR count). The van der Waals surface area contributed by atoms with Crippen LogP contribution >= 0.6 is 15.6 Å². The number of carbonyl (C=O) groups is 4. The molecule has 0 aliphatic heterocycles. The first-order valence-electron chi connectivity index (χ1n) is 43.7. The molecule has 19 heteroatoms. The van der Waals surface area contributed by atoms with Gasteiger partial charge in [0.05, 0.1) is 26.4 Å². The molecule has 620 valence electrons. The molecular formula is C86H164O17P2. The third-order valence-electron chi connectivity index (χ3n) is 19.9. The van der Waals surface area contributed by atoms with E-state index in [0.717, 1.165) is 127 Å². The van der Waals surface area contributed by atoms with Gasteiger partial charge in [-0.15, -0.1) is 0 Å². The zero-order valence-corrected chi connectivity index (χ0v) is 70.5. The normalized spacial score (nSPS) is 14.3. The number of ether oxygens (including phenoxy) is 4. The zero-order chi connectivity index (χ0) is 77.2. The summed E-state index contributed by atoms with van der Waals surface area (Å²) in [7, 11) is -9.94. The minimum Gasteiger partial charge on any atom is -0.462 e. The summed E-state index contributed by atoms with van der Waals surface area (Å²) in [5.74, 6) is 0.221. The van der Waals surface area contributed by atoms with Gasteiger partial charge in [0.25, 0.3) is 0 Å². The van der Waals surface area contributed by atoms with E-state index < -0.39 is 97.5 Å². The first kappa shape index (κ1) is 103. The van der Waals surface area contributed by atoms with Crippen LogP contribution in [-0.4, -0.2) is 96.7 Å². The number of esters is 4. The summed E-state index contributed by atoms with van der Waals surface area (Å²) in [4.78, 5) is 73.2. The number of allylic oxidation sites excluding steroid dienone is 4. The standard InChI is InChI=1S/C86H164O17P2/c1-8-10-11-12-13-14-15-16-23-31-36-41-46-55-62-70-86(91)103-82(74-97-84(89)68-61-54-49-48-52-59-66-79(7)9-2)76-101-105(94,95)99-72-80(87)71-98-104(92,93)100-75-81(73-96-83(88)67-60-53-45-40-35-30-26-22-21-25-29-34-39-44-51-58-65-78(5)6)102-85(90)69-63-56-47-42-37-32-27-20-18-17-19-24-28-33-38-43-50-57-64-77(3)4/h14-16,23,77-82,87H,8-13,17-22,24-76H2,1-7H3,(H,92,93)(H,94,95)/b15-14-,23-16-/t79?,80-,81-,82-/m1/s1. The maximum Gasteiger partial charge on any atom is 0.472 e. The predicted molar refractivity (Wildman–Crippen MR) is 432 cm³/mol. The highest BCUT2D eigenvalue weighted by Gasteiger charge is 2.30. The van der Waals surface area contributed by atoms with E-state index in [1.54, 1.807) is 0 Å². The van der Waals surface area contributed by atoms with E-state index in [0.29, 0.717) is 25.7 Å². The van der Waals surface area contributed by atoms with Crippen molar-refractivity contribution < 1.29 is 80.2 Å². The highest BCUT2D eigenvalue weighted by molar-refractivity contribution is 7.47. The van der Waals surface area contributed by atoms with Crippen LogP contribution < -0.4 is 0 Å². The maximum atomic E-state index is 13.1. The van der Waals surface area contributed by atoms with Crippen molar-refractivity contribution in [1.29, 1.82) is 0 Å². The maximum absolute atomic E-state index is 13.1. The van der Waals surface area contributed by atoms with Crippen LogP contribution in [0.25, 0.3) is 0 Å². The Bertz CT molecular complexity index is 2120. The average molecular weight is 1530 g/mol. The van der Waals surface area contributed by atoms with E-state index in [4.69, 9.17) is 37.0 Å². The first-order chi connectivity index (χ1) is 50.8. The molecule has 0 heterocycles. The molecule has 17 nitrogen and oxygen atoms in total. The molecule has 0 saturated carbocycles. The van der Waals surface area contributed by atoms with Crippen LogP contribution in [0, 0.1) is 17.8 Å². The Balaban J connectivity index is 5.26. The van der Waals surface area contributed by atoms with Crippen molar-refractivity contribution >= 4 is 39.5 Å². The lowest BCUT2D eigenvalue weighted by Crippen LogP contribution is -2.30. The molecule has 0 radical (unpaired) electrons. The Labute approximate surface area is 643 Å². The Hall–Kier alpha value is -2.46. The van der Waals surface area contributed by atoms with Crippen molar-refractivity contribution in [3.63, 3.8) is 0 Å². The van der Waals surface area contributed by atoms with Crippen LogP contribution in [0.3, 0.4) is 0 Å². The highest BCUT2D eigenvalue weighted by Crippen LogP contribution is 2.45. The number of aliphatic hydroxyl groups excluding tert-OH is 1. The zero-order valence-electron chi connectivity index (χ0n) is 68.7. The summed E-state index contributed by atoms with van der Waals surface area (Å²) in [6.45, 7) is 11.9. The molecule has 0 bridgehead atoms. The molecule has 0 fully saturated rings. The Morgan fingerprint density at radius 3 is 0.848 bits per heavy atom. The summed E-state index contributed by atoms with van der Waals surface area (Å²) in [5.41, 5.74) is 0. The molecule has 6 atom stereocenters. The number of hydrogen-bond donors (Lipinski definition) is 3. The third-order valence-corrected chi connectivity index (χ3v) is 21.8. The van der Waals surface area contributed by atoms with Crippen molar-refractivity contribution in [2.75, 3.05) is 39.6 Å². The second kappa shape index (κ2) is 75.6. The fourth-order valence-electron chi connectivity index (χ4n) is 12.8. The van der Waals surface area contributed by atoms with E-state index in [1.165, 1.54) is 218 Å². The summed E-state index contributed by atoms with van der Waals surface area (Å²) in [6.07, 6.45) is 68.9. The van der Waals surface area contributed by atoms with Crippen LogP contribution in [0.4, 0.5) is 0 Å². The van der Waals surface area contributed by atoms with Gasteiger partial charge in [0.2, 0.25) is 0 Å². The van der Waals surface area contributed by atoms with Crippen molar-refractivity contribution in [2.24, 2.45) is 17.8 Å². The number of unbranched alkanes of at least 4 members (excludes halogenated alkanes) is 46. The molecular weight excluding hydrogens is 1370 g/mol. The highest BCUT2D eigenvalue weighted by atomic mass is 31.2. The average Bonchev–Trinajstić information content (AvgIpc) is 1.13. The lowest BCUT2D eigenvalue weighted by atomic mass is 10.00. The number of rotatable bonds is 82. The SMILES string of the molecule is CCCCCC/C=C\C=C/CCCCCCCC(=O)O[C@H](COC(=O)CCCCCCCCC(C)CC)COP(=O)(O)OC[C@H](O)COP(=O)(O)OC[C@@H](COC(=O)CCCCCCCCCCCCCCCCCCC(C)C)OC(=O)CCCCCCCCCCCCCCCCCCCCC(C)C. The molecule has 0 saturated heterocycles. The van der Waals surface area contributed by atoms with E-state index in [2.05, 4.69) is 72.8 Å². The van der Waals surface area contributed by atoms with Gasteiger partial charge in [0.15, 0.2) is 12.2 Å². The van der Waals surface area contributed by atoms with Gasteiger partial charge < -0.3 is 33.8 Å². The van der Waals surface area contributed by atoms with Gasteiger partial charge in [-0.05, 0) is 69.1 Å². The molecule has 0 amide bonds. The Morgan fingerprint density at radius 1 is 0.314 bits per heavy atom. The van der Waals surface area contributed by atoms with E-state index in [1.807, 2.05) is 0 Å². The lowest BCUT2D eigenvalue weighted by molar-refractivity contribution is -0.161. The van der Waals surface area contributed by atoms with Crippen LogP contribution in [0.2, 0.25) is 0 Å². The molecule has 0 spiro atoms. The number of carbonyl (C=O) groups excluding carboxylic acids is 4. The molecule has 0 aromatic heterocycles. The molecule has 105 heavy (non-hydrogen) atoms. The topological polar surface area (TPSA) is 237 Å². The second-order valence-corrected chi connectivity index (χ2v) is 34.3.